The van der Waals surface area contributed by atoms with Crippen molar-refractivity contribution in [3.8, 4) is 17.2 Å². The molecule has 1 fully saturated rings. The van der Waals surface area contributed by atoms with Gasteiger partial charge in [-0.1, -0.05) is 23.5 Å². The molecule has 1 saturated heterocycles. The first-order valence-corrected chi connectivity index (χ1v) is 12.8. The van der Waals surface area contributed by atoms with Crippen LogP contribution in [0.1, 0.15) is 18.9 Å². The van der Waals surface area contributed by atoms with Crippen molar-refractivity contribution in [1.29, 1.82) is 0 Å². The number of hydrogen-bond acceptors (Lipinski definition) is 8. The molecule has 0 radical (unpaired) electrons. The van der Waals surface area contributed by atoms with Gasteiger partial charge < -0.3 is 18.9 Å². The monoisotopic (exact) mass is 535 g/mol. The third kappa shape index (κ3) is 6.79. The van der Waals surface area contributed by atoms with E-state index in [9.17, 15) is 4.79 Å². The Morgan fingerprint density at radius 2 is 1.78 bits per heavy atom. The van der Waals surface area contributed by atoms with E-state index in [1.807, 2.05) is 43.3 Å². The molecule has 1 amide bonds. The minimum atomic E-state index is 0. The van der Waals surface area contributed by atoms with E-state index >= 15 is 0 Å². The zero-order valence-electron chi connectivity index (χ0n) is 21.0. The van der Waals surface area contributed by atoms with Gasteiger partial charge in [-0.25, -0.2) is 4.98 Å². The van der Waals surface area contributed by atoms with Crippen LogP contribution in [-0.4, -0.2) is 76.0 Å². The number of fused-ring (bicyclic) bond motifs is 1. The molecule has 2 aromatic carbocycles. The van der Waals surface area contributed by atoms with Crippen LogP contribution in [0.4, 0.5) is 5.13 Å². The van der Waals surface area contributed by atoms with Gasteiger partial charge >= 0.3 is 0 Å². The molecular formula is C26H34ClN3O5S. The van der Waals surface area contributed by atoms with Crippen LogP contribution in [-0.2, 0) is 16.0 Å². The van der Waals surface area contributed by atoms with Crippen LogP contribution in [0.5, 0.6) is 17.2 Å². The molecule has 0 aliphatic carbocycles. The van der Waals surface area contributed by atoms with E-state index in [0.29, 0.717) is 29.5 Å². The van der Waals surface area contributed by atoms with Crippen molar-refractivity contribution < 1.29 is 23.7 Å². The first-order valence-electron chi connectivity index (χ1n) is 12.0. The van der Waals surface area contributed by atoms with Gasteiger partial charge in [-0.05, 0) is 43.2 Å². The highest BCUT2D eigenvalue weighted by Crippen LogP contribution is 2.40. The zero-order chi connectivity index (χ0) is 24.6. The normalized spacial score (nSPS) is 13.8. The summed E-state index contributed by atoms with van der Waals surface area (Å²) in [6.07, 6.45) is 1.13. The third-order valence-electron chi connectivity index (χ3n) is 5.98. The molecule has 0 saturated carbocycles. The molecule has 0 spiro atoms. The number of rotatable bonds is 11. The lowest BCUT2D eigenvalue weighted by atomic mass is 10.1. The number of benzene rings is 2. The van der Waals surface area contributed by atoms with Crippen LogP contribution in [0.2, 0.25) is 0 Å². The van der Waals surface area contributed by atoms with E-state index in [4.69, 9.17) is 23.9 Å². The predicted molar refractivity (Wildman–Crippen MR) is 146 cm³/mol. The molecule has 1 aliphatic heterocycles. The number of nitrogens with zero attached hydrogens (tertiary/aromatic N) is 3. The van der Waals surface area contributed by atoms with Crippen LogP contribution in [0.3, 0.4) is 0 Å². The topological polar surface area (TPSA) is 73.4 Å². The van der Waals surface area contributed by atoms with E-state index in [-0.39, 0.29) is 24.7 Å². The predicted octanol–water partition coefficient (Wildman–Crippen LogP) is 4.43. The van der Waals surface area contributed by atoms with Gasteiger partial charge in [0.15, 0.2) is 5.13 Å². The highest BCUT2D eigenvalue weighted by molar-refractivity contribution is 7.22. The third-order valence-corrected chi connectivity index (χ3v) is 7.07. The maximum Gasteiger partial charge on any atom is 0.233 e. The van der Waals surface area contributed by atoms with E-state index in [0.717, 1.165) is 61.0 Å². The lowest BCUT2D eigenvalue weighted by Gasteiger charge is -2.27. The molecular weight excluding hydrogens is 502 g/mol. The maximum atomic E-state index is 13.6. The fraction of sp³-hybridized carbons (Fsp3) is 0.462. The summed E-state index contributed by atoms with van der Waals surface area (Å²) in [6.45, 7) is 7.43. The molecule has 0 unspecified atom stereocenters. The zero-order valence-corrected chi connectivity index (χ0v) is 22.7. The SMILES string of the molecule is CCOc1ccc(CC(=O)N(CCCN2CCOCC2)c2nc3c(OC)ccc(OC)c3s2)cc1.Cl. The van der Waals surface area contributed by atoms with Gasteiger partial charge in [0.25, 0.3) is 0 Å². The van der Waals surface area contributed by atoms with Gasteiger partial charge in [0.2, 0.25) is 5.91 Å². The Balaban J connectivity index is 0.00000361. The summed E-state index contributed by atoms with van der Waals surface area (Å²) in [4.78, 5) is 22.6. The minimum absolute atomic E-state index is 0. The molecule has 1 aromatic heterocycles. The van der Waals surface area contributed by atoms with E-state index in [2.05, 4.69) is 4.90 Å². The van der Waals surface area contributed by atoms with Gasteiger partial charge in [-0.3, -0.25) is 14.6 Å². The number of anilines is 1. The molecule has 4 rings (SSSR count). The molecule has 36 heavy (non-hydrogen) atoms. The number of carbonyl (C=O) groups excluding carboxylic acids is 1. The molecule has 8 nitrogen and oxygen atoms in total. The van der Waals surface area contributed by atoms with Crippen molar-refractivity contribution in [2.75, 3.05) is 65.1 Å². The summed E-state index contributed by atoms with van der Waals surface area (Å²) in [5, 5.41) is 0.653. The van der Waals surface area contributed by atoms with Crippen molar-refractivity contribution in [2.24, 2.45) is 0 Å². The Labute approximate surface area is 222 Å². The standard InChI is InChI=1S/C26H33N3O5S.ClH/c1-4-34-20-8-6-19(7-9-20)18-23(30)29(13-5-12-28-14-16-33-17-15-28)26-27-24-21(31-2)10-11-22(32-3)25(24)35-26;/h6-11H,4-5,12-18H2,1-3H3;1H. The van der Waals surface area contributed by atoms with E-state index in [1.165, 1.54) is 11.3 Å². The van der Waals surface area contributed by atoms with Crippen molar-refractivity contribution >= 4 is 45.0 Å². The minimum Gasteiger partial charge on any atom is -0.495 e. The van der Waals surface area contributed by atoms with Crippen LogP contribution < -0.4 is 19.1 Å². The van der Waals surface area contributed by atoms with Crippen molar-refractivity contribution in [3.63, 3.8) is 0 Å². The molecule has 0 atom stereocenters. The Morgan fingerprint density at radius 1 is 1.08 bits per heavy atom. The smallest absolute Gasteiger partial charge is 0.233 e. The van der Waals surface area contributed by atoms with Crippen LogP contribution in [0.25, 0.3) is 10.2 Å². The van der Waals surface area contributed by atoms with E-state index < -0.39 is 0 Å². The number of morpholine rings is 1. The van der Waals surface area contributed by atoms with Gasteiger partial charge in [0.1, 0.15) is 27.5 Å². The Hall–Kier alpha value is -2.59. The fourth-order valence-electron chi connectivity index (χ4n) is 4.13. The number of aromatic nitrogens is 1. The van der Waals surface area contributed by atoms with Crippen LogP contribution in [0.15, 0.2) is 36.4 Å². The average Bonchev–Trinajstić information content (AvgIpc) is 3.33. The summed E-state index contributed by atoms with van der Waals surface area (Å²) in [7, 11) is 3.26. The molecule has 1 aliphatic rings. The second kappa shape index (κ2) is 13.6. The van der Waals surface area contributed by atoms with Crippen LogP contribution in [0, 0.1) is 0 Å². The summed E-state index contributed by atoms with van der Waals surface area (Å²) in [5.41, 5.74) is 1.65. The highest BCUT2D eigenvalue weighted by Gasteiger charge is 2.23. The number of carbonyl (C=O) groups is 1. The maximum absolute atomic E-state index is 13.6. The van der Waals surface area contributed by atoms with Crippen molar-refractivity contribution in [1.82, 2.24) is 9.88 Å². The Bertz CT molecular complexity index is 1080. The molecule has 3 aromatic rings. The number of ether oxygens (including phenoxy) is 4. The number of methoxy groups -OCH3 is 2. The summed E-state index contributed by atoms with van der Waals surface area (Å²) >= 11 is 1.46. The van der Waals surface area contributed by atoms with Gasteiger partial charge in [0.05, 0.1) is 40.5 Å². The van der Waals surface area contributed by atoms with Crippen molar-refractivity contribution in [2.45, 2.75) is 19.8 Å². The Kier molecular flexibility index (Phi) is 10.6. The highest BCUT2D eigenvalue weighted by atomic mass is 35.5. The van der Waals surface area contributed by atoms with E-state index in [1.54, 1.807) is 19.1 Å². The first-order chi connectivity index (χ1) is 17.1. The van der Waals surface area contributed by atoms with Gasteiger partial charge in [-0.2, -0.15) is 0 Å². The Morgan fingerprint density at radius 3 is 2.44 bits per heavy atom. The quantitative estimate of drug-likeness (QED) is 0.359. The van der Waals surface area contributed by atoms with Gasteiger partial charge in [-0.15, -0.1) is 12.4 Å². The molecule has 196 valence electrons. The largest absolute Gasteiger partial charge is 0.495 e. The second-order valence-electron chi connectivity index (χ2n) is 8.25. The summed E-state index contributed by atoms with van der Waals surface area (Å²) in [5.74, 6) is 2.19. The fourth-order valence-corrected chi connectivity index (χ4v) is 5.25. The number of thiazole rings is 1. The second-order valence-corrected chi connectivity index (χ2v) is 9.23. The molecule has 0 bridgehead atoms. The molecule has 2 heterocycles. The lowest BCUT2D eigenvalue weighted by Crippen LogP contribution is -2.39. The number of hydrogen-bond donors (Lipinski definition) is 0. The molecule has 10 heteroatoms. The average molecular weight is 536 g/mol. The molecule has 0 N–H and O–H groups in total. The van der Waals surface area contributed by atoms with Crippen molar-refractivity contribution in [3.05, 3.63) is 42.0 Å². The number of amides is 1. The summed E-state index contributed by atoms with van der Waals surface area (Å²) < 4.78 is 22.9. The first kappa shape index (κ1) is 28.0. The summed E-state index contributed by atoms with van der Waals surface area (Å²) in [6, 6.07) is 11.4. The van der Waals surface area contributed by atoms with Crippen LogP contribution >= 0.6 is 23.7 Å². The lowest BCUT2D eigenvalue weighted by molar-refractivity contribution is -0.118. The number of halogens is 1. The van der Waals surface area contributed by atoms with Gasteiger partial charge in [0, 0.05) is 26.2 Å².